The van der Waals surface area contributed by atoms with Crippen LogP contribution in [-0.2, 0) is 10.2 Å². The van der Waals surface area contributed by atoms with Crippen LogP contribution in [-0.4, -0.2) is 32.6 Å². The Morgan fingerprint density at radius 1 is 1.11 bits per heavy atom. The van der Waals surface area contributed by atoms with E-state index in [2.05, 4.69) is 4.72 Å². The number of nitrogens with zero attached hydrogens (tertiary/aromatic N) is 1. The Kier molecular flexibility index (Phi) is 2.79. The fourth-order valence-electron chi connectivity index (χ4n) is 2.10. The first kappa shape index (κ1) is 11.6. The summed E-state index contributed by atoms with van der Waals surface area (Å²) >= 11 is 0. The third-order valence-corrected chi connectivity index (χ3v) is 4.56. The van der Waals surface area contributed by atoms with Gasteiger partial charge in [0.1, 0.15) is 0 Å². The smallest absolute Gasteiger partial charge is 0.301 e. The molecule has 0 radical (unpaired) electrons. The van der Waals surface area contributed by atoms with Crippen molar-refractivity contribution in [2.24, 2.45) is 0 Å². The van der Waals surface area contributed by atoms with E-state index >= 15 is 0 Å². The van der Waals surface area contributed by atoms with E-state index in [1.165, 1.54) is 4.31 Å². The molecule has 0 saturated carbocycles. The molecule has 1 saturated heterocycles. The fourth-order valence-corrected chi connectivity index (χ4v) is 3.39. The molecule has 1 aromatic rings. The molecule has 1 aromatic carbocycles. The summed E-state index contributed by atoms with van der Waals surface area (Å²) in [6, 6.07) is 5.00. The molecule has 2 heterocycles. The normalized spacial score (nSPS) is 19.1. The van der Waals surface area contributed by atoms with Gasteiger partial charge in [0.15, 0.2) is 11.5 Å². The van der Waals surface area contributed by atoms with E-state index in [-0.39, 0.29) is 6.79 Å². The SMILES string of the molecule is O=S(=O)(Nc1ccc2c(c1)OCO2)N1CCCC1. The van der Waals surface area contributed by atoms with Crippen LogP contribution < -0.4 is 14.2 Å². The van der Waals surface area contributed by atoms with Crippen LogP contribution in [0.4, 0.5) is 5.69 Å². The van der Waals surface area contributed by atoms with E-state index in [0.29, 0.717) is 30.3 Å². The highest BCUT2D eigenvalue weighted by molar-refractivity contribution is 7.90. The summed E-state index contributed by atoms with van der Waals surface area (Å²) in [6.07, 6.45) is 1.84. The standard InChI is InChI=1S/C11H14N2O4S/c14-18(15,13-5-1-2-6-13)12-9-3-4-10-11(7-9)17-8-16-10/h3-4,7,12H,1-2,5-6,8H2. The molecule has 0 amide bonds. The maximum absolute atomic E-state index is 12.0. The van der Waals surface area contributed by atoms with Crippen LogP contribution in [0, 0.1) is 0 Å². The van der Waals surface area contributed by atoms with Gasteiger partial charge < -0.3 is 9.47 Å². The summed E-state index contributed by atoms with van der Waals surface area (Å²) in [5.41, 5.74) is 0.492. The van der Waals surface area contributed by atoms with Gasteiger partial charge in [-0.3, -0.25) is 4.72 Å². The van der Waals surface area contributed by atoms with Gasteiger partial charge in [-0.25, -0.2) is 0 Å². The number of nitrogens with one attached hydrogen (secondary N) is 1. The summed E-state index contributed by atoms with van der Waals surface area (Å²) in [5.74, 6) is 1.20. The van der Waals surface area contributed by atoms with Gasteiger partial charge in [-0.15, -0.1) is 0 Å². The van der Waals surface area contributed by atoms with Crippen LogP contribution in [0.15, 0.2) is 18.2 Å². The van der Waals surface area contributed by atoms with E-state index in [0.717, 1.165) is 12.8 Å². The number of anilines is 1. The largest absolute Gasteiger partial charge is 0.454 e. The zero-order valence-corrected chi connectivity index (χ0v) is 10.6. The lowest BCUT2D eigenvalue weighted by molar-refractivity contribution is 0.174. The zero-order chi connectivity index (χ0) is 12.6. The number of hydrogen-bond donors (Lipinski definition) is 1. The van der Waals surface area contributed by atoms with Crippen molar-refractivity contribution in [2.45, 2.75) is 12.8 Å². The Labute approximate surface area is 106 Å². The Morgan fingerprint density at radius 2 is 1.83 bits per heavy atom. The highest BCUT2D eigenvalue weighted by Gasteiger charge is 2.25. The Balaban J connectivity index is 1.80. The molecule has 3 rings (SSSR count). The summed E-state index contributed by atoms with van der Waals surface area (Å²) in [4.78, 5) is 0. The van der Waals surface area contributed by atoms with Crippen molar-refractivity contribution in [2.75, 3.05) is 24.6 Å². The van der Waals surface area contributed by atoms with Gasteiger partial charge in [-0.05, 0) is 25.0 Å². The number of ether oxygens (including phenoxy) is 2. The molecule has 7 heteroatoms. The van der Waals surface area contributed by atoms with Gasteiger partial charge in [0.2, 0.25) is 6.79 Å². The van der Waals surface area contributed by atoms with Gasteiger partial charge >= 0.3 is 10.2 Å². The summed E-state index contributed by atoms with van der Waals surface area (Å²) in [5, 5.41) is 0. The highest BCUT2D eigenvalue weighted by Crippen LogP contribution is 2.34. The number of hydrogen-bond acceptors (Lipinski definition) is 4. The predicted molar refractivity (Wildman–Crippen MR) is 65.9 cm³/mol. The molecule has 0 aliphatic carbocycles. The molecule has 0 aromatic heterocycles. The minimum atomic E-state index is -3.44. The third-order valence-electron chi connectivity index (χ3n) is 3.02. The molecule has 1 fully saturated rings. The maximum atomic E-state index is 12.0. The van der Waals surface area contributed by atoms with Crippen LogP contribution in [0.3, 0.4) is 0 Å². The van der Waals surface area contributed by atoms with E-state index < -0.39 is 10.2 Å². The van der Waals surface area contributed by atoms with Crippen LogP contribution in [0.2, 0.25) is 0 Å². The van der Waals surface area contributed by atoms with Crippen LogP contribution in [0.1, 0.15) is 12.8 Å². The number of rotatable bonds is 3. The first-order valence-electron chi connectivity index (χ1n) is 5.83. The molecule has 1 N–H and O–H groups in total. The molecule has 18 heavy (non-hydrogen) atoms. The van der Waals surface area contributed by atoms with E-state index in [1.807, 2.05) is 0 Å². The number of fused-ring (bicyclic) bond motifs is 1. The van der Waals surface area contributed by atoms with Crippen molar-refractivity contribution in [3.05, 3.63) is 18.2 Å². The average molecular weight is 270 g/mol. The molecule has 0 unspecified atom stereocenters. The Hall–Kier alpha value is -1.47. The monoisotopic (exact) mass is 270 g/mol. The lowest BCUT2D eigenvalue weighted by Gasteiger charge is -2.16. The van der Waals surface area contributed by atoms with Gasteiger partial charge in [-0.1, -0.05) is 0 Å². The number of benzene rings is 1. The molecule has 98 valence electrons. The molecule has 0 bridgehead atoms. The lowest BCUT2D eigenvalue weighted by atomic mass is 10.3. The van der Waals surface area contributed by atoms with Crippen molar-refractivity contribution in [1.82, 2.24) is 4.31 Å². The quantitative estimate of drug-likeness (QED) is 0.895. The van der Waals surface area contributed by atoms with E-state index in [4.69, 9.17) is 9.47 Å². The zero-order valence-electron chi connectivity index (χ0n) is 9.76. The minimum Gasteiger partial charge on any atom is -0.454 e. The first-order chi connectivity index (χ1) is 8.65. The van der Waals surface area contributed by atoms with Gasteiger partial charge in [0.25, 0.3) is 0 Å². The van der Waals surface area contributed by atoms with Crippen LogP contribution >= 0.6 is 0 Å². The van der Waals surface area contributed by atoms with Gasteiger partial charge in [0, 0.05) is 19.2 Å². The molecule has 0 spiro atoms. The van der Waals surface area contributed by atoms with Gasteiger partial charge in [-0.2, -0.15) is 12.7 Å². The van der Waals surface area contributed by atoms with Crippen molar-refractivity contribution < 1.29 is 17.9 Å². The third kappa shape index (κ3) is 2.11. The highest BCUT2D eigenvalue weighted by atomic mass is 32.2. The average Bonchev–Trinajstić information content (AvgIpc) is 2.99. The second kappa shape index (κ2) is 4.33. The molecular weight excluding hydrogens is 256 g/mol. The van der Waals surface area contributed by atoms with Crippen LogP contribution in [0.25, 0.3) is 0 Å². The predicted octanol–water partition coefficient (Wildman–Crippen LogP) is 1.17. The summed E-state index contributed by atoms with van der Waals surface area (Å²) in [6.45, 7) is 1.34. The van der Waals surface area contributed by atoms with E-state index in [9.17, 15) is 8.42 Å². The summed E-state index contributed by atoms with van der Waals surface area (Å²) < 4.78 is 38.5. The lowest BCUT2D eigenvalue weighted by Crippen LogP contribution is -2.33. The Morgan fingerprint density at radius 3 is 2.61 bits per heavy atom. The Bertz CT molecular complexity index is 552. The molecule has 0 atom stereocenters. The molecule has 6 nitrogen and oxygen atoms in total. The second-order valence-electron chi connectivity index (χ2n) is 4.28. The topological polar surface area (TPSA) is 67.9 Å². The van der Waals surface area contributed by atoms with Crippen molar-refractivity contribution in [3.63, 3.8) is 0 Å². The van der Waals surface area contributed by atoms with Crippen LogP contribution in [0.5, 0.6) is 11.5 Å². The molecule has 2 aliphatic rings. The fraction of sp³-hybridized carbons (Fsp3) is 0.455. The second-order valence-corrected chi connectivity index (χ2v) is 5.95. The van der Waals surface area contributed by atoms with Crippen molar-refractivity contribution in [3.8, 4) is 11.5 Å². The van der Waals surface area contributed by atoms with E-state index in [1.54, 1.807) is 18.2 Å². The summed E-state index contributed by atoms with van der Waals surface area (Å²) in [7, 11) is -3.44. The molecule has 2 aliphatic heterocycles. The molecular formula is C11H14N2O4S. The van der Waals surface area contributed by atoms with Gasteiger partial charge in [0.05, 0.1) is 5.69 Å². The maximum Gasteiger partial charge on any atom is 0.301 e. The van der Waals surface area contributed by atoms with Crippen molar-refractivity contribution >= 4 is 15.9 Å². The first-order valence-corrected chi connectivity index (χ1v) is 7.27. The minimum absolute atomic E-state index is 0.178. The van der Waals surface area contributed by atoms with Crippen molar-refractivity contribution in [1.29, 1.82) is 0 Å².